The van der Waals surface area contributed by atoms with Gasteiger partial charge in [0.2, 0.25) is 5.95 Å². The van der Waals surface area contributed by atoms with Gasteiger partial charge in [-0.2, -0.15) is 18.2 Å². The van der Waals surface area contributed by atoms with E-state index in [2.05, 4.69) is 20.6 Å². The average molecular weight is 474 g/mol. The summed E-state index contributed by atoms with van der Waals surface area (Å²) in [6.07, 6.45) is -3.42. The van der Waals surface area contributed by atoms with Crippen molar-refractivity contribution in [2.75, 3.05) is 37.9 Å². The van der Waals surface area contributed by atoms with Crippen LogP contribution < -0.4 is 15.4 Å². The SMILES string of the molecule is CNc1nc(Nc2c(Cl)cc(O)c(OC)c2C(=O)N2CC3CC2CO3)ncc1C(F)(F)F. The van der Waals surface area contributed by atoms with Gasteiger partial charge in [-0.15, -0.1) is 0 Å². The van der Waals surface area contributed by atoms with E-state index < -0.39 is 23.5 Å². The molecule has 2 saturated heterocycles. The van der Waals surface area contributed by atoms with Gasteiger partial charge in [-0.25, -0.2) is 4.98 Å². The minimum absolute atomic E-state index is 0.00294. The highest BCUT2D eigenvalue weighted by molar-refractivity contribution is 6.34. The first-order chi connectivity index (χ1) is 15.1. The Morgan fingerprint density at radius 1 is 1.44 bits per heavy atom. The number of hydrogen-bond acceptors (Lipinski definition) is 8. The number of benzene rings is 1. The number of rotatable bonds is 5. The van der Waals surface area contributed by atoms with Crippen LogP contribution in [-0.2, 0) is 10.9 Å². The van der Waals surface area contributed by atoms with Gasteiger partial charge in [0.15, 0.2) is 11.5 Å². The molecule has 32 heavy (non-hydrogen) atoms. The van der Waals surface area contributed by atoms with Gasteiger partial charge in [0.1, 0.15) is 16.9 Å². The number of aromatic nitrogens is 2. The average Bonchev–Trinajstić information content (AvgIpc) is 3.37. The lowest BCUT2D eigenvalue weighted by Crippen LogP contribution is -2.41. The number of morpholine rings is 1. The monoisotopic (exact) mass is 473 g/mol. The van der Waals surface area contributed by atoms with Crippen molar-refractivity contribution in [1.82, 2.24) is 14.9 Å². The summed E-state index contributed by atoms with van der Waals surface area (Å²) >= 11 is 6.30. The molecule has 2 atom stereocenters. The van der Waals surface area contributed by atoms with Crippen LogP contribution in [0, 0.1) is 0 Å². The van der Waals surface area contributed by atoms with E-state index in [-0.39, 0.29) is 45.9 Å². The molecule has 1 aromatic carbocycles. The molecule has 172 valence electrons. The molecule has 0 spiro atoms. The molecule has 0 radical (unpaired) electrons. The minimum Gasteiger partial charge on any atom is -0.504 e. The zero-order valence-electron chi connectivity index (χ0n) is 17.0. The molecule has 3 N–H and O–H groups in total. The van der Waals surface area contributed by atoms with Gasteiger partial charge in [-0.05, 0) is 6.42 Å². The van der Waals surface area contributed by atoms with Gasteiger partial charge in [-0.1, -0.05) is 11.6 Å². The number of nitrogens with zero attached hydrogens (tertiary/aromatic N) is 3. The van der Waals surface area contributed by atoms with E-state index in [0.717, 1.165) is 6.07 Å². The highest BCUT2D eigenvalue weighted by Gasteiger charge is 2.43. The Morgan fingerprint density at radius 2 is 2.19 bits per heavy atom. The summed E-state index contributed by atoms with van der Waals surface area (Å²) in [6, 6.07) is 1.02. The zero-order chi connectivity index (χ0) is 23.2. The van der Waals surface area contributed by atoms with Crippen molar-refractivity contribution in [3.05, 3.63) is 28.4 Å². The van der Waals surface area contributed by atoms with E-state index in [0.29, 0.717) is 25.8 Å². The number of carbonyl (C=O) groups is 1. The Morgan fingerprint density at radius 3 is 2.75 bits per heavy atom. The molecule has 4 rings (SSSR count). The molecule has 2 aliphatic rings. The van der Waals surface area contributed by atoms with Crippen LogP contribution >= 0.6 is 11.6 Å². The number of likely N-dealkylation sites (tertiary alicyclic amines) is 1. The molecule has 2 aromatic rings. The Kier molecular flexibility index (Phi) is 5.67. The zero-order valence-corrected chi connectivity index (χ0v) is 17.7. The molecular formula is C19H19ClF3N5O4. The fourth-order valence-electron chi connectivity index (χ4n) is 3.90. The quantitative estimate of drug-likeness (QED) is 0.568. The molecule has 0 saturated carbocycles. The third-order valence-corrected chi connectivity index (χ3v) is 5.66. The predicted molar refractivity (Wildman–Crippen MR) is 109 cm³/mol. The maximum Gasteiger partial charge on any atom is 0.421 e. The van der Waals surface area contributed by atoms with Crippen molar-refractivity contribution in [2.45, 2.75) is 24.7 Å². The molecule has 3 heterocycles. The van der Waals surface area contributed by atoms with Crippen molar-refractivity contribution in [1.29, 1.82) is 0 Å². The summed E-state index contributed by atoms with van der Waals surface area (Å²) in [5.41, 5.74) is -1.14. The first-order valence-electron chi connectivity index (χ1n) is 9.55. The number of amides is 1. The van der Waals surface area contributed by atoms with Crippen LogP contribution in [0.5, 0.6) is 11.5 Å². The maximum atomic E-state index is 13.4. The van der Waals surface area contributed by atoms with Crippen molar-refractivity contribution in [2.24, 2.45) is 0 Å². The van der Waals surface area contributed by atoms with Gasteiger partial charge in [0.25, 0.3) is 5.91 Å². The lowest BCUT2D eigenvalue weighted by atomic mass is 10.1. The Hall–Kier alpha value is -2.99. The van der Waals surface area contributed by atoms with Crippen molar-refractivity contribution >= 4 is 35.0 Å². The van der Waals surface area contributed by atoms with E-state index >= 15 is 0 Å². The number of phenols is 1. The number of ether oxygens (including phenoxy) is 2. The van der Waals surface area contributed by atoms with Crippen LogP contribution in [0.3, 0.4) is 0 Å². The predicted octanol–water partition coefficient (Wildman–Crippen LogP) is 3.26. The molecule has 2 fully saturated rings. The van der Waals surface area contributed by atoms with Gasteiger partial charge in [0, 0.05) is 25.9 Å². The minimum atomic E-state index is -4.66. The van der Waals surface area contributed by atoms with Gasteiger partial charge >= 0.3 is 6.18 Å². The first-order valence-corrected chi connectivity index (χ1v) is 9.92. The highest BCUT2D eigenvalue weighted by Crippen LogP contribution is 2.44. The summed E-state index contributed by atoms with van der Waals surface area (Å²) in [7, 11) is 2.56. The van der Waals surface area contributed by atoms with Crippen LogP contribution in [0.2, 0.25) is 5.02 Å². The number of anilines is 3. The van der Waals surface area contributed by atoms with Gasteiger partial charge < -0.3 is 30.1 Å². The van der Waals surface area contributed by atoms with E-state index in [1.165, 1.54) is 14.2 Å². The van der Waals surface area contributed by atoms with Crippen molar-refractivity contribution in [3.63, 3.8) is 0 Å². The normalized spacial score (nSPS) is 19.9. The number of fused-ring (bicyclic) bond motifs is 2. The number of nitrogens with one attached hydrogen (secondary N) is 2. The van der Waals surface area contributed by atoms with Crippen LogP contribution in [0.25, 0.3) is 0 Å². The number of carbonyl (C=O) groups excluding carboxylic acids is 1. The Bertz CT molecular complexity index is 1070. The summed E-state index contributed by atoms with van der Waals surface area (Å²) in [4.78, 5) is 22.6. The lowest BCUT2D eigenvalue weighted by molar-refractivity contribution is -0.137. The smallest absolute Gasteiger partial charge is 0.421 e. The number of methoxy groups -OCH3 is 1. The molecular weight excluding hydrogens is 455 g/mol. The summed E-state index contributed by atoms with van der Waals surface area (Å²) in [5.74, 6) is -1.67. The lowest BCUT2D eigenvalue weighted by Gasteiger charge is -2.28. The maximum absolute atomic E-state index is 13.4. The van der Waals surface area contributed by atoms with E-state index in [1.54, 1.807) is 4.90 Å². The fourth-order valence-corrected chi connectivity index (χ4v) is 4.14. The second kappa shape index (κ2) is 8.17. The third-order valence-electron chi connectivity index (χ3n) is 5.36. The topological polar surface area (TPSA) is 109 Å². The van der Waals surface area contributed by atoms with Crippen molar-refractivity contribution < 1.29 is 32.5 Å². The van der Waals surface area contributed by atoms with Crippen LogP contribution in [0.1, 0.15) is 22.3 Å². The first kappa shape index (κ1) is 22.2. The number of halogens is 4. The molecule has 13 heteroatoms. The molecule has 2 unspecified atom stereocenters. The number of aromatic hydroxyl groups is 1. The molecule has 1 amide bonds. The molecule has 2 bridgehead atoms. The number of alkyl halides is 3. The second-order valence-corrected chi connectivity index (χ2v) is 7.70. The molecule has 0 aliphatic carbocycles. The van der Waals surface area contributed by atoms with Crippen LogP contribution in [0.15, 0.2) is 12.3 Å². The number of hydrogen-bond donors (Lipinski definition) is 3. The number of phenolic OH excluding ortho intramolecular Hbond substituents is 1. The highest BCUT2D eigenvalue weighted by atomic mass is 35.5. The van der Waals surface area contributed by atoms with Gasteiger partial charge in [0.05, 0.1) is 36.6 Å². The standard InChI is InChI=1S/C19H19ClF3N5O4/c1-24-16-10(19(21,22)23)5-25-18(27-16)26-14-11(20)4-12(29)15(31-2)13(14)17(30)28-6-9-3-8(28)7-32-9/h4-5,8-9,29H,3,6-7H2,1-2H3,(H2,24,25,26,27). The van der Waals surface area contributed by atoms with Crippen LogP contribution in [-0.4, -0.2) is 65.3 Å². The summed E-state index contributed by atoms with van der Waals surface area (Å²) in [5, 5.41) is 15.3. The van der Waals surface area contributed by atoms with Crippen LogP contribution in [0.4, 0.5) is 30.6 Å². The molecule has 1 aromatic heterocycles. The Balaban J connectivity index is 1.77. The third kappa shape index (κ3) is 3.84. The Labute approximate surface area is 185 Å². The molecule has 2 aliphatic heterocycles. The fraction of sp³-hybridized carbons (Fsp3) is 0.421. The van der Waals surface area contributed by atoms with E-state index in [9.17, 15) is 23.1 Å². The van der Waals surface area contributed by atoms with Gasteiger partial charge in [-0.3, -0.25) is 4.79 Å². The van der Waals surface area contributed by atoms with E-state index in [4.69, 9.17) is 21.1 Å². The van der Waals surface area contributed by atoms with E-state index in [1.807, 2.05) is 0 Å². The summed E-state index contributed by atoms with van der Waals surface area (Å²) in [6.45, 7) is 0.752. The largest absolute Gasteiger partial charge is 0.504 e. The van der Waals surface area contributed by atoms with Crippen molar-refractivity contribution in [3.8, 4) is 11.5 Å². The molecule has 9 nitrogen and oxygen atoms in total. The summed E-state index contributed by atoms with van der Waals surface area (Å²) < 4.78 is 50.2. The second-order valence-electron chi connectivity index (χ2n) is 7.29.